The van der Waals surface area contributed by atoms with E-state index in [9.17, 15) is 39.8 Å². The van der Waals surface area contributed by atoms with Crippen molar-refractivity contribution in [3.8, 4) is 0 Å². The molecule has 0 spiro atoms. The molecule has 12 nitrogen and oxygen atoms in total. The summed E-state index contributed by atoms with van der Waals surface area (Å²) in [6.07, 6.45) is 25.1. The van der Waals surface area contributed by atoms with Gasteiger partial charge in [-0.1, -0.05) is 127 Å². The van der Waals surface area contributed by atoms with Gasteiger partial charge in [0.05, 0.1) is 13.2 Å². The Bertz CT molecular complexity index is 1050. The summed E-state index contributed by atoms with van der Waals surface area (Å²) in [5.74, 6) is -0.493. The number of hydrogen-bond acceptors (Lipinski definition) is 11. The molecule has 0 aromatic carbocycles. The van der Waals surface area contributed by atoms with Crippen LogP contribution in [0.25, 0.3) is 0 Å². The van der Waals surface area contributed by atoms with Crippen LogP contribution >= 0.6 is 7.82 Å². The molecule has 55 heavy (non-hydrogen) atoms. The van der Waals surface area contributed by atoms with Crippen LogP contribution in [0.1, 0.15) is 162 Å². The zero-order valence-corrected chi connectivity index (χ0v) is 34.9. The average Bonchev–Trinajstić information content (AvgIpc) is 3.17. The Morgan fingerprint density at radius 1 is 0.582 bits per heavy atom. The number of hydrogen-bond donors (Lipinski definition) is 6. The van der Waals surface area contributed by atoms with Crippen molar-refractivity contribution in [3.05, 3.63) is 36.5 Å². The molecule has 1 saturated carbocycles. The van der Waals surface area contributed by atoms with Crippen LogP contribution in [0.15, 0.2) is 36.5 Å². The summed E-state index contributed by atoms with van der Waals surface area (Å²) in [4.78, 5) is 23.0. The van der Waals surface area contributed by atoms with E-state index in [1.807, 2.05) is 0 Å². The summed E-state index contributed by atoms with van der Waals surface area (Å²) in [5.41, 5.74) is 0. The minimum atomic E-state index is -5.01. The molecule has 0 aliphatic heterocycles. The molecule has 0 heterocycles. The lowest BCUT2D eigenvalue weighted by Crippen LogP contribution is -2.64. The van der Waals surface area contributed by atoms with E-state index in [4.69, 9.17) is 18.5 Å². The van der Waals surface area contributed by atoms with E-state index in [-0.39, 0.29) is 13.0 Å². The maximum absolute atomic E-state index is 12.8. The van der Waals surface area contributed by atoms with Crippen molar-refractivity contribution >= 4 is 13.8 Å². The normalized spacial score (nSPS) is 23.6. The third-order valence-corrected chi connectivity index (χ3v) is 10.7. The monoisotopic (exact) mass is 805 g/mol. The summed E-state index contributed by atoms with van der Waals surface area (Å²) in [6, 6.07) is 0. The fraction of sp³-hybridized carbons (Fsp3) is 0.833. The highest BCUT2D eigenvalue weighted by Crippen LogP contribution is 2.47. The topological polar surface area (TPSA) is 192 Å². The molecule has 6 unspecified atom stereocenters. The van der Waals surface area contributed by atoms with Crippen molar-refractivity contribution in [2.24, 2.45) is 0 Å². The van der Waals surface area contributed by atoms with Crippen molar-refractivity contribution in [1.82, 2.24) is 0 Å². The highest BCUT2D eigenvalue weighted by Gasteiger charge is 2.51. The Morgan fingerprint density at radius 2 is 1.05 bits per heavy atom. The van der Waals surface area contributed by atoms with Crippen molar-refractivity contribution < 1.29 is 58.3 Å². The lowest BCUT2D eigenvalue weighted by Gasteiger charge is -2.41. The van der Waals surface area contributed by atoms with Crippen LogP contribution in [-0.2, 0) is 27.9 Å². The second-order valence-corrected chi connectivity index (χ2v) is 16.2. The van der Waals surface area contributed by atoms with Crippen molar-refractivity contribution in [2.45, 2.75) is 204 Å². The first kappa shape index (κ1) is 51.6. The number of ether oxygens (including phenoxy) is 2. The lowest BCUT2D eigenvalue weighted by atomic mass is 9.85. The lowest BCUT2D eigenvalue weighted by molar-refractivity contribution is -0.220. The van der Waals surface area contributed by atoms with Gasteiger partial charge in [-0.3, -0.25) is 13.8 Å². The predicted octanol–water partition coefficient (Wildman–Crippen LogP) is 7.92. The van der Waals surface area contributed by atoms with E-state index < -0.39 is 63.1 Å². The first-order valence-electron chi connectivity index (χ1n) is 21.3. The smallest absolute Gasteiger partial charge is 0.457 e. The quantitative estimate of drug-likeness (QED) is 0.0157. The van der Waals surface area contributed by atoms with Gasteiger partial charge >= 0.3 is 13.8 Å². The molecule has 1 aliphatic carbocycles. The van der Waals surface area contributed by atoms with Gasteiger partial charge in [0.25, 0.3) is 0 Å². The van der Waals surface area contributed by atoms with Crippen LogP contribution in [-0.4, -0.2) is 98.9 Å². The number of phosphoric acid groups is 1. The molecule has 1 rings (SSSR count). The van der Waals surface area contributed by atoms with E-state index in [1.165, 1.54) is 51.4 Å². The predicted molar refractivity (Wildman–Crippen MR) is 216 cm³/mol. The molecule has 0 amide bonds. The van der Waals surface area contributed by atoms with Gasteiger partial charge in [0.15, 0.2) is 0 Å². The summed E-state index contributed by atoms with van der Waals surface area (Å²) in [6.45, 7) is 4.13. The van der Waals surface area contributed by atoms with Crippen molar-refractivity contribution in [1.29, 1.82) is 0 Å². The van der Waals surface area contributed by atoms with Crippen LogP contribution in [0.3, 0.4) is 0 Å². The molecule has 6 N–H and O–H groups in total. The standard InChI is InChI=1S/C42H77O12P/c1-3-5-7-9-11-13-15-16-17-18-19-20-21-22-24-26-28-30-32-51-33-35(53-36(43)31-29-27-25-23-14-12-10-8-6-4-2)34-52-55(49,50)54-42-40(47)38(45)37(44)39(46)41(42)48/h8,10-11,13,16-17,35,37-42,44-48H,3-7,9,12,14-15,18-34H2,1-2H3,(H,49,50)/b10-8-,13-11-,17-16-. The van der Waals surface area contributed by atoms with Crippen LogP contribution in [0, 0.1) is 0 Å². The molecule has 6 atom stereocenters. The van der Waals surface area contributed by atoms with Gasteiger partial charge in [-0.15, -0.1) is 0 Å². The molecule has 322 valence electrons. The second-order valence-electron chi connectivity index (χ2n) is 14.8. The molecular formula is C42H77O12P. The third kappa shape index (κ3) is 26.2. The molecule has 0 bridgehead atoms. The second kappa shape index (κ2) is 33.5. The molecule has 1 fully saturated rings. The molecule has 1 aliphatic rings. The zero-order valence-electron chi connectivity index (χ0n) is 34.0. The van der Waals surface area contributed by atoms with E-state index in [2.05, 4.69) is 50.3 Å². The van der Waals surface area contributed by atoms with Crippen molar-refractivity contribution in [3.63, 3.8) is 0 Å². The molecule has 0 radical (unpaired) electrons. The number of allylic oxidation sites excluding steroid dienone is 6. The van der Waals surface area contributed by atoms with Gasteiger partial charge in [0.1, 0.15) is 42.7 Å². The number of aliphatic hydroxyl groups is 5. The Kier molecular flexibility index (Phi) is 31.4. The van der Waals surface area contributed by atoms with Gasteiger partial charge < -0.3 is 39.9 Å². The Balaban J connectivity index is 2.40. The van der Waals surface area contributed by atoms with Gasteiger partial charge in [-0.05, 0) is 64.2 Å². The maximum Gasteiger partial charge on any atom is 0.472 e. The Labute approximate surface area is 332 Å². The Morgan fingerprint density at radius 3 is 1.62 bits per heavy atom. The van der Waals surface area contributed by atoms with E-state index >= 15 is 0 Å². The molecule has 0 aromatic heterocycles. The van der Waals surface area contributed by atoms with Crippen LogP contribution in [0.4, 0.5) is 0 Å². The molecule has 13 heteroatoms. The molecule has 0 saturated heterocycles. The summed E-state index contributed by atoms with van der Waals surface area (Å²) in [5, 5.41) is 50.0. The highest BCUT2D eigenvalue weighted by atomic mass is 31.2. The van der Waals surface area contributed by atoms with Crippen molar-refractivity contribution in [2.75, 3.05) is 19.8 Å². The number of carbonyl (C=O) groups excluding carboxylic acids is 1. The SMILES string of the molecule is CCC/C=C\CCCCCCCC(=O)OC(COCCCCCCCCCC/C=C\C/C=C\CCCCC)COP(=O)(O)OC1C(O)C(O)C(O)C(O)C1O. The average molecular weight is 805 g/mol. The summed E-state index contributed by atoms with van der Waals surface area (Å²) >= 11 is 0. The van der Waals surface area contributed by atoms with Crippen LogP contribution < -0.4 is 0 Å². The fourth-order valence-corrected chi connectivity index (χ4v) is 7.24. The Hall–Kier alpha value is -1.44. The highest BCUT2D eigenvalue weighted by molar-refractivity contribution is 7.47. The van der Waals surface area contributed by atoms with Gasteiger partial charge in [0.2, 0.25) is 0 Å². The number of carbonyl (C=O) groups is 1. The largest absolute Gasteiger partial charge is 0.472 e. The first-order valence-corrected chi connectivity index (χ1v) is 22.8. The zero-order chi connectivity index (χ0) is 40.6. The fourth-order valence-electron chi connectivity index (χ4n) is 6.27. The number of unbranched alkanes of at least 4 members (excludes halogenated alkanes) is 17. The van der Waals surface area contributed by atoms with Gasteiger partial charge in [-0.2, -0.15) is 0 Å². The minimum absolute atomic E-state index is 0.0840. The van der Waals surface area contributed by atoms with E-state index in [1.54, 1.807) is 0 Å². The maximum atomic E-state index is 12.8. The number of rotatable bonds is 35. The number of phosphoric ester groups is 1. The summed E-state index contributed by atoms with van der Waals surface area (Å²) in [7, 11) is -5.01. The van der Waals surface area contributed by atoms with Crippen LogP contribution in [0.5, 0.6) is 0 Å². The van der Waals surface area contributed by atoms with Crippen LogP contribution in [0.2, 0.25) is 0 Å². The molecular weight excluding hydrogens is 727 g/mol. The van der Waals surface area contributed by atoms with Gasteiger partial charge in [-0.25, -0.2) is 4.57 Å². The summed E-state index contributed by atoms with van der Waals surface area (Å²) < 4.78 is 34.0. The third-order valence-electron chi connectivity index (χ3n) is 9.72. The first-order chi connectivity index (χ1) is 26.5. The number of aliphatic hydroxyl groups excluding tert-OH is 5. The van der Waals surface area contributed by atoms with Gasteiger partial charge in [0, 0.05) is 13.0 Å². The minimum Gasteiger partial charge on any atom is -0.457 e. The van der Waals surface area contributed by atoms with E-state index in [0.29, 0.717) is 13.0 Å². The van der Waals surface area contributed by atoms with E-state index in [0.717, 1.165) is 83.5 Å². The molecule has 0 aromatic rings. The number of esters is 1.